The van der Waals surface area contributed by atoms with Crippen LogP contribution in [-0.4, -0.2) is 7.11 Å². The van der Waals surface area contributed by atoms with Gasteiger partial charge in [0.15, 0.2) is 0 Å². The molecule has 0 aliphatic heterocycles. The number of hydrogen-bond donors (Lipinski definition) is 1. The fourth-order valence-corrected chi connectivity index (χ4v) is 1.96. The number of halogens is 1. The summed E-state index contributed by atoms with van der Waals surface area (Å²) in [5, 5.41) is 12.4. The van der Waals surface area contributed by atoms with Crippen LogP contribution in [0.15, 0.2) is 53.0 Å². The molecule has 0 unspecified atom stereocenters. The topological polar surface area (TPSA) is 45.0 Å². The Labute approximate surface area is 121 Å². The lowest BCUT2D eigenvalue weighted by atomic mass is 10.1. The maximum Gasteiger partial charge on any atom is 0.140 e. The largest absolute Gasteiger partial charge is 0.497 e. The van der Waals surface area contributed by atoms with Crippen LogP contribution in [0, 0.1) is 11.3 Å². The second-order valence-corrected chi connectivity index (χ2v) is 4.90. The highest BCUT2D eigenvalue weighted by molar-refractivity contribution is 9.10. The number of methoxy groups -OCH3 is 1. The third kappa shape index (κ3) is 3.49. The number of benzene rings is 2. The summed E-state index contributed by atoms with van der Waals surface area (Å²) in [7, 11) is 1.63. The van der Waals surface area contributed by atoms with Crippen LogP contribution in [0.5, 0.6) is 5.75 Å². The summed E-state index contributed by atoms with van der Waals surface area (Å²) in [6.45, 7) is 0. The number of ether oxygens (including phenoxy) is 1. The van der Waals surface area contributed by atoms with Crippen LogP contribution in [0.3, 0.4) is 0 Å². The van der Waals surface area contributed by atoms with Gasteiger partial charge in [-0.3, -0.25) is 0 Å². The Bertz CT molecular complexity index is 573. The van der Waals surface area contributed by atoms with Crippen molar-refractivity contribution in [3.05, 3.63) is 58.6 Å². The predicted molar refractivity (Wildman–Crippen MR) is 79.1 cm³/mol. The molecule has 0 spiro atoms. The monoisotopic (exact) mass is 316 g/mol. The van der Waals surface area contributed by atoms with E-state index in [0.29, 0.717) is 0 Å². The molecule has 0 fully saturated rings. The first-order chi connectivity index (χ1) is 9.22. The molecule has 0 saturated heterocycles. The molecule has 0 heterocycles. The highest BCUT2D eigenvalue weighted by atomic mass is 79.9. The van der Waals surface area contributed by atoms with Crippen LogP contribution in [0.4, 0.5) is 5.69 Å². The molecule has 0 aliphatic carbocycles. The Balaban J connectivity index is 2.14. The van der Waals surface area contributed by atoms with E-state index in [-0.39, 0.29) is 6.04 Å². The molecule has 0 radical (unpaired) electrons. The SMILES string of the molecule is COc1ccc(N[C@H](C#N)c2ccc(Br)cc2)cc1. The molecular formula is C15H13BrN2O. The summed E-state index contributed by atoms with van der Waals surface area (Å²) >= 11 is 3.38. The van der Waals surface area contributed by atoms with Gasteiger partial charge in [0.05, 0.1) is 13.2 Å². The van der Waals surface area contributed by atoms with Gasteiger partial charge in [0.2, 0.25) is 0 Å². The quantitative estimate of drug-likeness (QED) is 0.922. The van der Waals surface area contributed by atoms with Crippen molar-refractivity contribution in [1.82, 2.24) is 0 Å². The van der Waals surface area contributed by atoms with Gasteiger partial charge < -0.3 is 10.1 Å². The average molecular weight is 317 g/mol. The number of nitrogens with one attached hydrogen (secondary N) is 1. The Morgan fingerprint density at radius 3 is 2.26 bits per heavy atom. The first-order valence-electron chi connectivity index (χ1n) is 5.78. The van der Waals surface area contributed by atoms with E-state index < -0.39 is 0 Å². The molecule has 3 nitrogen and oxygen atoms in total. The molecule has 2 rings (SSSR count). The minimum atomic E-state index is -0.374. The fourth-order valence-electron chi connectivity index (χ4n) is 1.70. The average Bonchev–Trinajstić information content (AvgIpc) is 2.46. The summed E-state index contributed by atoms with van der Waals surface area (Å²) < 4.78 is 6.10. The number of rotatable bonds is 4. The zero-order valence-corrected chi connectivity index (χ0v) is 12.0. The maximum absolute atomic E-state index is 9.26. The molecule has 0 saturated carbocycles. The van der Waals surface area contributed by atoms with Crippen molar-refractivity contribution < 1.29 is 4.74 Å². The van der Waals surface area contributed by atoms with Gasteiger partial charge in [-0.2, -0.15) is 5.26 Å². The molecule has 0 amide bonds. The molecule has 1 N–H and O–H groups in total. The van der Waals surface area contributed by atoms with Crippen LogP contribution in [0.25, 0.3) is 0 Å². The molecule has 19 heavy (non-hydrogen) atoms. The Kier molecular flexibility index (Phi) is 4.43. The van der Waals surface area contributed by atoms with Crippen LogP contribution in [-0.2, 0) is 0 Å². The molecule has 0 aliphatic rings. The third-order valence-corrected chi connectivity index (χ3v) is 3.26. The predicted octanol–water partition coefficient (Wildman–Crippen LogP) is 4.13. The smallest absolute Gasteiger partial charge is 0.140 e. The number of nitriles is 1. The van der Waals surface area contributed by atoms with E-state index in [4.69, 9.17) is 4.74 Å². The zero-order valence-electron chi connectivity index (χ0n) is 10.4. The molecule has 0 aromatic heterocycles. The van der Waals surface area contributed by atoms with E-state index in [9.17, 15) is 5.26 Å². The first kappa shape index (κ1) is 13.4. The van der Waals surface area contributed by atoms with Gasteiger partial charge in [0, 0.05) is 10.2 Å². The number of hydrogen-bond acceptors (Lipinski definition) is 3. The van der Waals surface area contributed by atoms with E-state index in [1.54, 1.807) is 7.11 Å². The molecule has 2 aromatic rings. The van der Waals surface area contributed by atoms with Crippen LogP contribution in [0.2, 0.25) is 0 Å². The maximum atomic E-state index is 9.26. The summed E-state index contributed by atoms with van der Waals surface area (Å²) in [6, 6.07) is 17.1. The molecule has 1 atom stereocenters. The van der Waals surface area contributed by atoms with Gasteiger partial charge in [-0.05, 0) is 42.0 Å². The van der Waals surface area contributed by atoms with Crippen molar-refractivity contribution >= 4 is 21.6 Å². The Morgan fingerprint density at radius 1 is 1.11 bits per heavy atom. The highest BCUT2D eigenvalue weighted by Gasteiger charge is 2.09. The normalized spacial score (nSPS) is 11.4. The fraction of sp³-hybridized carbons (Fsp3) is 0.133. The van der Waals surface area contributed by atoms with Crippen molar-refractivity contribution in [2.45, 2.75) is 6.04 Å². The second-order valence-electron chi connectivity index (χ2n) is 3.99. The van der Waals surface area contributed by atoms with Crippen molar-refractivity contribution in [3.8, 4) is 11.8 Å². The molecule has 2 aromatic carbocycles. The second kappa shape index (κ2) is 6.26. The lowest BCUT2D eigenvalue weighted by Crippen LogP contribution is -2.08. The lowest BCUT2D eigenvalue weighted by molar-refractivity contribution is 0.415. The Hall–Kier alpha value is -1.99. The third-order valence-electron chi connectivity index (χ3n) is 2.73. The van der Waals surface area contributed by atoms with Gasteiger partial charge in [-0.25, -0.2) is 0 Å². The van der Waals surface area contributed by atoms with Gasteiger partial charge in [0.1, 0.15) is 11.8 Å². The molecule has 4 heteroatoms. The molecule has 96 valence electrons. The molecule has 0 bridgehead atoms. The number of anilines is 1. The summed E-state index contributed by atoms with van der Waals surface area (Å²) in [5.41, 5.74) is 1.82. The van der Waals surface area contributed by atoms with Gasteiger partial charge in [-0.15, -0.1) is 0 Å². The van der Waals surface area contributed by atoms with Crippen molar-refractivity contribution in [2.24, 2.45) is 0 Å². The van der Waals surface area contributed by atoms with Gasteiger partial charge in [-0.1, -0.05) is 28.1 Å². The van der Waals surface area contributed by atoms with E-state index in [1.165, 1.54) is 0 Å². The minimum Gasteiger partial charge on any atom is -0.497 e. The summed E-state index contributed by atoms with van der Waals surface area (Å²) in [5.74, 6) is 0.794. The van der Waals surface area contributed by atoms with Crippen LogP contribution in [0.1, 0.15) is 11.6 Å². The van der Waals surface area contributed by atoms with Crippen molar-refractivity contribution in [1.29, 1.82) is 5.26 Å². The van der Waals surface area contributed by atoms with Gasteiger partial charge in [0.25, 0.3) is 0 Å². The van der Waals surface area contributed by atoms with Crippen LogP contribution < -0.4 is 10.1 Å². The zero-order chi connectivity index (χ0) is 13.7. The van der Waals surface area contributed by atoms with E-state index >= 15 is 0 Å². The number of nitrogens with zero attached hydrogens (tertiary/aromatic N) is 1. The lowest BCUT2D eigenvalue weighted by Gasteiger charge is -2.13. The first-order valence-corrected chi connectivity index (χ1v) is 6.58. The van der Waals surface area contributed by atoms with E-state index in [1.807, 2.05) is 48.5 Å². The van der Waals surface area contributed by atoms with Crippen molar-refractivity contribution in [3.63, 3.8) is 0 Å². The standard InChI is InChI=1S/C15H13BrN2O/c1-19-14-8-6-13(7-9-14)18-15(10-17)11-2-4-12(16)5-3-11/h2-9,15,18H,1H3/t15-/m1/s1. The Morgan fingerprint density at radius 2 is 1.74 bits per heavy atom. The van der Waals surface area contributed by atoms with E-state index in [2.05, 4.69) is 27.3 Å². The molecular weight excluding hydrogens is 304 g/mol. The summed E-state index contributed by atoms with van der Waals surface area (Å²) in [4.78, 5) is 0. The highest BCUT2D eigenvalue weighted by Crippen LogP contribution is 2.22. The van der Waals surface area contributed by atoms with E-state index in [0.717, 1.165) is 21.5 Å². The summed E-state index contributed by atoms with van der Waals surface area (Å²) in [6.07, 6.45) is 0. The van der Waals surface area contributed by atoms with Gasteiger partial charge >= 0.3 is 0 Å². The van der Waals surface area contributed by atoms with Crippen LogP contribution >= 0.6 is 15.9 Å². The van der Waals surface area contributed by atoms with Crippen molar-refractivity contribution in [2.75, 3.05) is 12.4 Å². The minimum absolute atomic E-state index is 0.374.